The van der Waals surface area contributed by atoms with E-state index in [4.69, 9.17) is 20.4 Å². The van der Waals surface area contributed by atoms with E-state index in [1.54, 1.807) is 19.2 Å². The van der Waals surface area contributed by atoms with Crippen LogP contribution >= 0.6 is 0 Å². The number of halogens is 1. The van der Waals surface area contributed by atoms with Crippen LogP contribution in [-0.2, 0) is 13.6 Å². The van der Waals surface area contributed by atoms with Gasteiger partial charge in [-0.3, -0.25) is 9.59 Å². The van der Waals surface area contributed by atoms with Gasteiger partial charge in [-0.1, -0.05) is 0 Å². The quantitative estimate of drug-likeness (QED) is 0.312. The number of pyridine rings is 2. The normalized spacial score (nSPS) is 21.4. The number of piperidine rings is 1. The van der Waals surface area contributed by atoms with Gasteiger partial charge >= 0.3 is 0 Å². The van der Waals surface area contributed by atoms with Crippen LogP contribution in [-0.4, -0.2) is 60.6 Å². The number of imidazole rings is 1. The van der Waals surface area contributed by atoms with Crippen molar-refractivity contribution in [2.45, 2.75) is 44.3 Å². The number of hydrogen-bond donors (Lipinski definition) is 2. The molecule has 220 valence electrons. The number of aryl methyl sites for hydroxylation is 1. The average molecular weight is 582 g/mol. The van der Waals surface area contributed by atoms with Gasteiger partial charge < -0.3 is 29.5 Å². The summed E-state index contributed by atoms with van der Waals surface area (Å²) in [4.78, 5) is 40.3. The molecule has 43 heavy (non-hydrogen) atoms. The van der Waals surface area contributed by atoms with Crippen molar-refractivity contribution in [3.8, 4) is 28.7 Å². The number of benzene rings is 1. The van der Waals surface area contributed by atoms with Gasteiger partial charge in [-0.05, 0) is 67.9 Å². The van der Waals surface area contributed by atoms with Gasteiger partial charge in [0.25, 0.3) is 5.91 Å². The van der Waals surface area contributed by atoms with Gasteiger partial charge in [-0.15, -0.1) is 0 Å². The van der Waals surface area contributed by atoms with Gasteiger partial charge in [-0.2, -0.15) is 0 Å². The lowest BCUT2D eigenvalue weighted by Gasteiger charge is -2.27. The zero-order valence-electron chi connectivity index (χ0n) is 24.0. The highest BCUT2D eigenvalue weighted by atomic mass is 19.1. The summed E-state index contributed by atoms with van der Waals surface area (Å²) in [5, 5.41) is 0.883. The predicted molar refractivity (Wildman–Crippen MR) is 160 cm³/mol. The SMILES string of the molecule is COc1cc(C(=O)N2CC3CCC2[C@@H]3N)cc2nc(-c3cc4ccc(-c5[nH]ccc(=O)c5F)nc4n3CC3CC3)n(C)c12. The summed E-state index contributed by atoms with van der Waals surface area (Å²) < 4.78 is 24.7. The summed E-state index contributed by atoms with van der Waals surface area (Å²) in [6.07, 6.45) is 5.70. The van der Waals surface area contributed by atoms with Crippen molar-refractivity contribution in [2.75, 3.05) is 13.7 Å². The number of likely N-dealkylation sites (tertiary alicyclic amines) is 1. The van der Waals surface area contributed by atoms with E-state index in [1.807, 2.05) is 34.7 Å². The molecule has 2 bridgehead atoms. The Morgan fingerprint density at radius 2 is 1.98 bits per heavy atom. The lowest BCUT2D eigenvalue weighted by Crippen LogP contribution is -2.41. The monoisotopic (exact) mass is 581 g/mol. The molecule has 5 aromatic rings. The number of fused-ring (bicyclic) bond motifs is 4. The van der Waals surface area contributed by atoms with E-state index in [2.05, 4.69) is 9.55 Å². The molecular weight excluding hydrogens is 549 g/mol. The first kappa shape index (κ1) is 26.1. The first-order chi connectivity index (χ1) is 20.8. The van der Waals surface area contributed by atoms with Crippen LogP contribution in [0.25, 0.3) is 45.0 Å². The van der Waals surface area contributed by atoms with Gasteiger partial charge in [0.05, 0.1) is 24.0 Å². The molecule has 1 saturated heterocycles. The smallest absolute Gasteiger partial charge is 0.254 e. The first-order valence-electron chi connectivity index (χ1n) is 14.8. The van der Waals surface area contributed by atoms with E-state index in [9.17, 15) is 14.0 Å². The number of nitrogens with one attached hydrogen (secondary N) is 1. The van der Waals surface area contributed by atoms with Crippen LogP contribution in [0.5, 0.6) is 5.75 Å². The van der Waals surface area contributed by atoms with E-state index in [1.165, 1.54) is 6.20 Å². The molecule has 1 amide bonds. The molecule has 3 atom stereocenters. The van der Waals surface area contributed by atoms with Crippen molar-refractivity contribution in [3.05, 3.63) is 64.2 Å². The minimum atomic E-state index is -0.855. The zero-order chi connectivity index (χ0) is 29.6. The van der Waals surface area contributed by atoms with Crippen molar-refractivity contribution in [1.82, 2.24) is 29.0 Å². The summed E-state index contributed by atoms with van der Waals surface area (Å²) in [5.74, 6) is 1.27. The number of carbonyl (C=O) groups excluding carboxylic acids is 1. The summed E-state index contributed by atoms with van der Waals surface area (Å²) in [6.45, 7) is 1.43. The minimum Gasteiger partial charge on any atom is -0.494 e. The molecule has 5 heterocycles. The third kappa shape index (κ3) is 4.01. The van der Waals surface area contributed by atoms with E-state index >= 15 is 0 Å². The lowest BCUT2D eigenvalue weighted by molar-refractivity contribution is 0.0700. The molecule has 3 aliphatic rings. The molecule has 1 aromatic carbocycles. The second kappa shape index (κ2) is 9.50. The zero-order valence-corrected chi connectivity index (χ0v) is 24.0. The number of aromatic nitrogens is 5. The summed E-state index contributed by atoms with van der Waals surface area (Å²) in [6, 6.07) is 10.6. The molecule has 3 fully saturated rings. The molecule has 2 aliphatic carbocycles. The third-order valence-corrected chi connectivity index (χ3v) is 9.58. The van der Waals surface area contributed by atoms with E-state index < -0.39 is 11.2 Å². The number of ether oxygens (including phenoxy) is 1. The van der Waals surface area contributed by atoms with Crippen LogP contribution in [0.3, 0.4) is 0 Å². The Bertz CT molecular complexity index is 2010. The summed E-state index contributed by atoms with van der Waals surface area (Å²) >= 11 is 0. The molecular formula is C32H32FN7O3. The molecule has 10 nitrogen and oxygen atoms in total. The Hall–Kier alpha value is -4.51. The van der Waals surface area contributed by atoms with Crippen LogP contribution in [0, 0.1) is 17.7 Å². The average Bonchev–Trinajstić information content (AvgIpc) is 3.42. The van der Waals surface area contributed by atoms with Crippen molar-refractivity contribution in [3.63, 3.8) is 0 Å². The second-order valence-corrected chi connectivity index (χ2v) is 12.2. The maximum Gasteiger partial charge on any atom is 0.254 e. The van der Waals surface area contributed by atoms with Crippen LogP contribution in [0.2, 0.25) is 0 Å². The Morgan fingerprint density at radius 3 is 2.70 bits per heavy atom. The number of carbonyl (C=O) groups is 1. The number of H-pyrrole nitrogens is 1. The number of nitrogens with two attached hydrogens (primary N) is 1. The number of rotatable bonds is 6. The predicted octanol–water partition coefficient (Wildman–Crippen LogP) is 4.06. The molecule has 2 saturated carbocycles. The number of aromatic amines is 1. The third-order valence-electron chi connectivity index (χ3n) is 9.58. The fourth-order valence-electron chi connectivity index (χ4n) is 7.11. The van der Waals surface area contributed by atoms with E-state index in [-0.39, 0.29) is 23.7 Å². The number of nitrogens with zero attached hydrogens (tertiary/aromatic N) is 5. The molecule has 2 unspecified atom stereocenters. The minimum absolute atomic E-state index is 0.0390. The van der Waals surface area contributed by atoms with Crippen LogP contribution in [0.15, 0.2) is 47.4 Å². The van der Waals surface area contributed by atoms with Crippen molar-refractivity contribution < 1.29 is 13.9 Å². The molecule has 1 aliphatic heterocycles. The first-order valence-corrected chi connectivity index (χ1v) is 14.8. The molecule has 8 rings (SSSR count). The Balaban J connectivity index is 1.25. The van der Waals surface area contributed by atoms with Crippen LogP contribution < -0.4 is 15.9 Å². The summed E-state index contributed by atoms with van der Waals surface area (Å²) in [5.41, 5.74) is 9.67. The highest BCUT2D eigenvalue weighted by Crippen LogP contribution is 2.40. The fraction of sp³-hybridized carbons (Fsp3) is 0.375. The molecule has 3 N–H and O–H groups in total. The molecule has 4 aromatic heterocycles. The Morgan fingerprint density at radius 1 is 1.14 bits per heavy atom. The largest absolute Gasteiger partial charge is 0.494 e. The second-order valence-electron chi connectivity index (χ2n) is 12.2. The Kier molecular flexibility index (Phi) is 5.78. The lowest BCUT2D eigenvalue weighted by atomic mass is 10.1. The number of amides is 1. The maximum atomic E-state index is 14.7. The fourth-order valence-corrected chi connectivity index (χ4v) is 7.11. The van der Waals surface area contributed by atoms with Crippen molar-refractivity contribution in [1.29, 1.82) is 0 Å². The highest BCUT2D eigenvalue weighted by molar-refractivity contribution is 6.00. The molecule has 0 radical (unpaired) electrons. The van der Waals surface area contributed by atoms with Crippen molar-refractivity contribution in [2.24, 2.45) is 24.6 Å². The molecule has 11 heteroatoms. The number of hydrogen-bond acceptors (Lipinski definition) is 6. The highest BCUT2D eigenvalue weighted by Gasteiger charge is 2.47. The molecule has 0 spiro atoms. The maximum absolute atomic E-state index is 14.7. The van der Waals surface area contributed by atoms with Crippen molar-refractivity contribution >= 4 is 28.0 Å². The van der Waals surface area contributed by atoms with E-state index in [0.717, 1.165) is 54.9 Å². The van der Waals surface area contributed by atoms with Gasteiger partial charge in [0.15, 0.2) is 11.6 Å². The van der Waals surface area contributed by atoms with Gasteiger partial charge in [0, 0.05) is 55.4 Å². The van der Waals surface area contributed by atoms with Gasteiger partial charge in [0.2, 0.25) is 5.43 Å². The van der Waals surface area contributed by atoms with E-state index in [0.29, 0.717) is 52.4 Å². The standard InChI is InChI=1S/C32H32FN7O3/c1-38-29-21(11-19(13-25(29)43-2)32(42)40-15-18-6-8-22(40)27(18)34)37-31(38)23-12-17-5-7-20(28-26(33)24(41)9-10-35-28)36-30(17)39(23)14-16-3-4-16/h5,7,9-13,16,18,22,27H,3-4,6,8,14-15,34H2,1-2H3,(H,35,41)/t18?,22?,27-/m1/s1. The summed E-state index contributed by atoms with van der Waals surface area (Å²) in [7, 11) is 3.54. The van der Waals surface area contributed by atoms with Gasteiger partial charge in [0.1, 0.15) is 22.6 Å². The topological polar surface area (TPSA) is 124 Å². The van der Waals surface area contributed by atoms with Crippen LogP contribution in [0.4, 0.5) is 4.39 Å². The van der Waals surface area contributed by atoms with Gasteiger partial charge in [-0.25, -0.2) is 14.4 Å². The Labute approximate surface area is 246 Å². The number of methoxy groups -OCH3 is 1. The van der Waals surface area contributed by atoms with Crippen LogP contribution in [0.1, 0.15) is 36.0 Å².